The lowest BCUT2D eigenvalue weighted by atomic mass is 10.00. The van der Waals surface area contributed by atoms with Crippen LogP contribution in [0.1, 0.15) is 17.9 Å². The van der Waals surface area contributed by atoms with Gasteiger partial charge in [-0.05, 0) is 6.07 Å². The van der Waals surface area contributed by atoms with Crippen LogP contribution in [0.3, 0.4) is 0 Å². The number of aliphatic carboxylic acids is 1. The molecule has 0 bridgehead atoms. The van der Waals surface area contributed by atoms with E-state index < -0.39 is 17.9 Å². The van der Waals surface area contributed by atoms with Crippen LogP contribution in [0.25, 0.3) is 0 Å². The minimum Gasteiger partial charge on any atom is -0.492 e. The lowest BCUT2D eigenvalue weighted by molar-refractivity contribution is -0.142. The fraction of sp³-hybridized carbons (Fsp3) is 0.429. The van der Waals surface area contributed by atoms with Crippen molar-refractivity contribution in [3.8, 4) is 5.75 Å². The number of methoxy groups -OCH3 is 1. The molecule has 0 saturated heterocycles. The van der Waals surface area contributed by atoms with Gasteiger partial charge in [0.05, 0.1) is 0 Å². The van der Waals surface area contributed by atoms with Gasteiger partial charge in [0.15, 0.2) is 0 Å². The number of ether oxygens (including phenoxy) is 2. The number of carboxylic acids is 1. The Bertz CT molecular complexity index is 502. The molecule has 0 aliphatic carbocycles. The van der Waals surface area contributed by atoms with E-state index in [1.807, 2.05) is 18.2 Å². The topological polar surface area (TPSA) is 84.9 Å². The summed E-state index contributed by atoms with van der Waals surface area (Å²) in [6.45, 7) is 0.511. The van der Waals surface area contributed by atoms with Crippen molar-refractivity contribution in [2.45, 2.75) is 18.4 Å². The lowest BCUT2D eigenvalue weighted by Gasteiger charge is -2.16. The molecular weight excluding hydrogens is 262 g/mol. The Balaban J connectivity index is 2.03. The number of carbonyl (C=O) groups excluding carboxylic acids is 1. The average molecular weight is 279 g/mol. The summed E-state index contributed by atoms with van der Waals surface area (Å²) >= 11 is 0. The first-order chi connectivity index (χ1) is 9.63. The molecule has 0 aromatic heterocycles. The fourth-order valence-corrected chi connectivity index (χ4v) is 2.15. The highest BCUT2D eigenvalue weighted by molar-refractivity contribution is 5.89. The predicted octanol–water partition coefficient (Wildman–Crippen LogP) is 0.768. The Hall–Kier alpha value is -2.08. The maximum absolute atomic E-state index is 12.2. The molecule has 1 aliphatic heterocycles. The van der Waals surface area contributed by atoms with Crippen LogP contribution in [0.15, 0.2) is 24.3 Å². The molecule has 0 fully saturated rings. The van der Waals surface area contributed by atoms with Gasteiger partial charge in [-0.3, -0.25) is 4.79 Å². The molecule has 6 heteroatoms. The second kappa shape index (κ2) is 6.38. The first kappa shape index (κ1) is 14.3. The van der Waals surface area contributed by atoms with E-state index in [4.69, 9.17) is 14.6 Å². The summed E-state index contributed by atoms with van der Waals surface area (Å²) in [5, 5.41) is 11.6. The van der Waals surface area contributed by atoms with Crippen molar-refractivity contribution in [3.63, 3.8) is 0 Å². The number of nitrogens with one attached hydrogen (secondary N) is 1. The molecule has 6 nitrogen and oxygen atoms in total. The number of benzene rings is 1. The van der Waals surface area contributed by atoms with Crippen LogP contribution in [0, 0.1) is 0 Å². The number of para-hydroxylation sites is 1. The summed E-state index contributed by atoms with van der Waals surface area (Å²) in [6.07, 6.45) is 0.229. The molecule has 0 saturated carbocycles. The van der Waals surface area contributed by atoms with Crippen LogP contribution in [-0.4, -0.2) is 43.3 Å². The maximum atomic E-state index is 12.2. The fourth-order valence-electron chi connectivity index (χ4n) is 2.15. The summed E-state index contributed by atoms with van der Waals surface area (Å²) in [5.41, 5.74) is 0.792. The highest BCUT2D eigenvalue weighted by Gasteiger charge is 2.32. The van der Waals surface area contributed by atoms with Crippen LogP contribution in [-0.2, 0) is 14.3 Å². The molecule has 0 spiro atoms. The Morgan fingerprint density at radius 1 is 1.50 bits per heavy atom. The molecule has 2 unspecified atom stereocenters. The van der Waals surface area contributed by atoms with Gasteiger partial charge in [0, 0.05) is 25.7 Å². The lowest BCUT2D eigenvalue weighted by Crippen LogP contribution is -2.44. The van der Waals surface area contributed by atoms with Crippen molar-refractivity contribution in [3.05, 3.63) is 29.8 Å². The van der Waals surface area contributed by atoms with Gasteiger partial charge < -0.3 is 19.9 Å². The minimum absolute atomic E-state index is 0.229. The summed E-state index contributed by atoms with van der Waals surface area (Å²) in [4.78, 5) is 23.3. The summed E-state index contributed by atoms with van der Waals surface area (Å²) in [5.74, 6) is -1.19. The number of hydrogen-bond donors (Lipinski definition) is 2. The largest absolute Gasteiger partial charge is 0.492 e. The van der Waals surface area contributed by atoms with E-state index in [-0.39, 0.29) is 25.5 Å². The van der Waals surface area contributed by atoms with Gasteiger partial charge >= 0.3 is 5.97 Å². The van der Waals surface area contributed by atoms with Gasteiger partial charge in [0.1, 0.15) is 24.3 Å². The highest BCUT2D eigenvalue weighted by Crippen LogP contribution is 2.33. The number of rotatable bonds is 6. The van der Waals surface area contributed by atoms with Crippen molar-refractivity contribution >= 4 is 11.9 Å². The molecule has 2 N–H and O–H groups in total. The van der Waals surface area contributed by atoms with E-state index in [9.17, 15) is 9.59 Å². The summed E-state index contributed by atoms with van der Waals surface area (Å²) < 4.78 is 10.3. The first-order valence-electron chi connectivity index (χ1n) is 6.37. The standard InChI is InChI=1S/C14H17NO5/c1-19-7-6-11(14(17)18)15-13(16)10-8-20-12-5-3-2-4-9(10)12/h2-5,10-11H,6-8H2,1H3,(H,15,16)(H,17,18). The molecule has 2 atom stereocenters. The first-order valence-corrected chi connectivity index (χ1v) is 6.37. The second-order valence-electron chi connectivity index (χ2n) is 4.58. The van der Waals surface area contributed by atoms with Crippen molar-refractivity contribution in [1.82, 2.24) is 5.32 Å². The summed E-state index contributed by atoms with van der Waals surface area (Å²) in [7, 11) is 1.49. The van der Waals surface area contributed by atoms with E-state index in [0.717, 1.165) is 5.56 Å². The normalized spacial score (nSPS) is 17.9. The van der Waals surface area contributed by atoms with Crippen LogP contribution in [0.4, 0.5) is 0 Å². The van der Waals surface area contributed by atoms with Crippen molar-refractivity contribution in [2.24, 2.45) is 0 Å². The molecule has 2 rings (SSSR count). The number of fused-ring (bicyclic) bond motifs is 1. The average Bonchev–Trinajstić information content (AvgIpc) is 2.87. The molecule has 20 heavy (non-hydrogen) atoms. The van der Waals surface area contributed by atoms with Gasteiger partial charge in [-0.15, -0.1) is 0 Å². The second-order valence-corrected chi connectivity index (χ2v) is 4.58. The SMILES string of the molecule is COCCC(NC(=O)C1COc2ccccc21)C(=O)O. The third-order valence-corrected chi connectivity index (χ3v) is 3.24. The smallest absolute Gasteiger partial charge is 0.326 e. The third-order valence-electron chi connectivity index (χ3n) is 3.24. The number of carbonyl (C=O) groups is 2. The van der Waals surface area contributed by atoms with Crippen LogP contribution < -0.4 is 10.1 Å². The molecule has 108 valence electrons. The van der Waals surface area contributed by atoms with Gasteiger partial charge in [0.2, 0.25) is 5.91 Å². The van der Waals surface area contributed by atoms with Crippen molar-refractivity contribution in [2.75, 3.05) is 20.3 Å². The number of hydrogen-bond acceptors (Lipinski definition) is 4. The zero-order valence-corrected chi connectivity index (χ0v) is 11.2. The Kier molecular flexibility index (Phi) is 4.57. The molecule has 1 aromatic carbocycles. The monoisotopic (exact) mass is 279 g/mol. The molecule has 1 heterocycles. The van der Waals surface area contributed by atoms with E-state index in [1.54, 1.807) is 6.07 Å². The number of amides is 1. The quantitative estimate of drug-likeness (QED) is 0.803. The summed E-state index contributed by atoms with van der Waals surface area (Å²) in [6, 6.07) is 6.32. The van der Waals surface area contributed by atoms with Gasteiger partial charge in [-0.25, -0.2) is 4.79 Å². The molecule has 1 aromatic rings. The Morgan fingerprint density at radius 2 is 2.25 bits per heavy atom. The minimum atomic E-state index is -1.07. The van der Waals surface area contributed by atoms with Crippen molar-refractivity contribution < 1.29 is 24.2 Å². The zero-order valence-electron chi connectivity index (χ0n) is 11.2. The number of carboxylic acid groups (broad SMARTS) is 1. The Labute approximate surface area is 116 Å². The highest BCUT2D eigenvalue weighted by atomic mass is 16.5. The maximum Gasteiger partial charge on any atom is 0.326 e. The van der Waals surface area contributed by atoms with E-state index in [1.165, 1.54) is 7.11 Å². The van der Waals surface area contributed by atoms with E-state index in [2.05, 4.69) is 5.32 Å². The van der Waals surface area contributed by atoms with Crippen LogP contribution >= 0.6 is 0 Å². The van der Waals surface area contributed by atoms with E-state index in [0.29, 0.717) is 5.75 Å². The molecular formula is C14H17NO5. The van der Waals surface area contributed by atoms with Gasteiger partial charge in [-0.2, -0.15) is 0 Å². The van der Waals surface area contributed by atoms with Crippen LogP contribution in [0.5, 0.6) is 5.75 Å². The molecule has 1 aliphatic rings. The zero-order chi connectivity index (χ0) is 14.5. The predicted molar refractivity (Wildman–Crippen MR) is 70.7 cm³/mol. The molecule has 0 radical (unpaired) electrons. The van der Waals surface area contributed by atoms with Gasteiger partial charge in [-0.1, -0.05) is 18.2 Å². The third kappa shape index (κ3) is 3.08. The van der Waals surface area contributed by atoms with Gasteiger partial charge in [0.25, 0.3) is 0 Å². The van der Waals surface area contributed by atoms with Crippen LogP contribution in [0.2, 0.25) is 0 Å². The Morgan fingerprint density at radius 3 is 2.95 bits per heavy atom. The van der Waals surface area contributed by atoms with Crippen molar-refractivity contribution in [1.29, 1.82) is 0 Å². The molecule has 1 amide bonds. The van der Waals surface area contributed by atoms with E-state index >= 15 is 0 Å².